The minimum absolute atomic E-state index is 0.133. The smallest absolute Gasteiger partial charge is 0.260 e. The first-order chi connectivity index (χ1) is 11.6. The van der Waals surface area contributed by atoms with E-state index in [1.165, 1.54) is 12.3 Å². The molecule has 0 aliphatic carbocycles. The van der Waals surface area contributed by atoms with E-state index in [1.807, 2.05) is 30.3 Å². The molecule has 24 heavy (non-hydrogen) atoms. The van der Waals surface area contributed by atoms with Gasteiger partial charge in [-0.15, -0.1) is 0 Å². The summed E-state index contributed by atoms with van der Waals surface area (Å²) in [5.74, 6) is 0.000949. The van der Waals surface area contributed by atoms with Crippen molar-refractivity contribution in [2.45, 2.75) is 13.0 Å². The van der Waals surface area contributed by atoms with E-state index >= 15 is 0 Å². The predicted molar refractivity (Wildman–Crippen MR) is 89.0 cm³/mol. The largest absolute Gasteiger partial charge is 0.478 e. The van der Waals surface area contributed by atoms with Gasteiger partial charge in [-0.05, 0) is 12.5 Å². The fraction of sp³-hybridized carbons (Fsp3) is 0.333. The Morgan fingerprint density at radius 1 is 1.38 bits per heavy atom. The number of aromatic nitrogens is 1. The summed E-state index contributed by atoms with van der Waals surface area (Å²) in [5, 5.41) is 0. The van der Waals surface area contributed by atoms with Gasteiger partial charge in [0.05, 0.1) is 13.2 Å². The lowest BCUT2D eigenvalue weighted by Gasteiger charge is -2.33. The van der Waals surface area contributed by atoms with Crippen LogP contribution in [0.5, 0.6) is 5.75 Å². The SMILES string of the molecule is Cc1cc(=O)c(OCC(=O)N2CCO[C@@H](c3ccccc3)C2)c[nH]1. The Labute approximate surface area is 140 Å². The maximum atomic E-state index is 12.4. The van der Waals surface area contributed by atoms with Crippen LogP contribution in [-0.4, -0.2) is 42.1 Å². The molecule has 1 aromatic carbocycles. The van der Waals surface area contributed by atoms with Gasteiger partial charge in [-0.1, -0.05) is 30.3 Å². The van der Waals surface area contributed by atoms with E-state index in [0.717, 1.165) is 11.3 Å². The molecule has 1 amide bonds. The molecule has 1 fully saturated rings. The monoisotopic (exact) mass is 328 g/mol. The summed E-state index contributed by atoms with van der Waals surface area (Å²) in [6.45, 7) is 3.12. The van der Waals surface area contributed by atoms with Crippen molar-refractivity contribution in [2.75, 3.05) is 26.3 Å². The Bertz CT molecular complexity index is 757. The number of ether oxygens (including phenoxy) is 2. The number of nitrogens with one attached hydrogen (secondary N) is 1. The van der Waals surface area contributed by atoms with Crippen LogP contribution in [0.3, 0.4) is 0 Å². The normalized spacial score (nSPS) is 17.5. The lowest BCUT2D eigenvalue weighted by molar-refractivity contribution is -0.141. The summed E-state index contributed by atoms with van der Waals surface area (Å²) >= 11 is 0. The first kappa shape index (κ1) is 16.3. The molecule has 6 heteroatoms. The molecule has 1 aromatic heterocycles. The number of amides is 1. The molecule has 0 radical (unpaired) electrons. The third-order valence-electron chi connectivity index (χ3n) is 3.96. The standard InChI is InChI=1S/C18H20N2O4/c1-13-9-15(21)16(10-19-13)24-12-18(22)20-7-8-23-17(11-20)14-5-3-2-4-6-14/h2-6,9-10,17H,7-8,11-12H2,1H3,(H,19,21)/t17-/m1/s1. The quantitative estimate of drug-likeness (QED) is 0.926. The summed E-state index contributed by atoms with van der Waals surface area (Å²) in [5.41, 5.74) is 1.56. The summed E-state index contributed by atoms with van der Waals surface area (Å²) in [4.78, 5) is 28.8. The van der Waals surface area contributed by atoms with Crippen LogP contribution >= 0.6 is 0 Å². The zero-order chi connectivity index (χ0) is 16.9. The van der Waals surface area contributed by atoms with Crippen LogP contribution in [-0.2, 0) is 9.53 Å². The Kier molecular flexibility index (Phi) is 4.96. The van der Waals surface area contributed by atoms with Crippen LogP contribution in [0, 0.1) is 6.92 Å². The first-order valence-electron chi connectivity index (χ1n) is 7.90. The van der Waals surface area contributed by atoms with E-state index in [4.69, 9.17) is 9.47 Å². The molecule has 2 aromatic rings. The van der Waals surface area contributed by atoms with Crippen LogP contribution in [0.4, 0.5) is 0 Å². The summed E-state index contributed by atoms with van der Waals surface area (Å²) < 4.78 is 11.1. The average Bonchev–Trinajstić information content (AvgIpc) is 2.61. The molecule has 1 aliphatic rings. The molecule has 0 saturated carbocycles. The first-order valence-corrected chi connectivity index (χ1v) is 7.90. The third-order valence-corrected chi connectivity index (χ3v) is 3.96. The van der Waals surface area contributed by atoms with Crippen LogP contribution in [0.15, 0.2) is 47.4 Å². The van der Waals surface area contributed by atoms with Gasteiger partial charge < -0.3 is 19.4 Å². The maximum absolute atomic E-state index is 12.4. The van der Waals surface area contributed by atoms with Crippen LogP contribution in [0.2, 0.25) is 0 Å². The van der Waals surface area contributed by atoms with Crippen molar-refractivity contribution < 1.29 is 14.3 Å². The van der Waals surface area contributed by atoms with Gasteiger partial charge in [0.25, 0.3) is 5.91 Å². The number of morpholine rings is 1. The number of carbonyl (C=O) groups excluding carboxylic acids is 1. The number of aromatic amines is 1. The summed E-state index contributed by atoms with van der Waals surface area (Å²) in [6, 6.07) is 11.3. The molecule has 126 valence electrons. The highest BCUT2D eigenvalue weighted by Gasteiger charge is 2.25. The fourth-order valence-electron chi connectivity index (χ4n) is 2.65. The number of rotatable bonds is 4. The van der Waals surface area contributed by atoms with Gasteiger partial charge in [-0.3, -0.25) is 9.59 Å². The molecule has 1 aliphatic heterocycles. The molecule has 6 nitrogen and oxygen atoms in total. The van der Waals surface area contributed by atoms with E-state index in [2.05, 4.69) is 4.98 Å². The van der Waals surface area contributed by atoms with Crippen molar-refractivity contribution in [2.24, 2.45) is 0 Å². The van der Waals surface area contributed by atoms with E-state index < -0.39 is 0 Å². The minimum atomic E-state index is -0.233. The number of nitrogens with zero attached hydrogens (tertiary/aromatic N) is 1. The van der Waals surface area contributed by atoms with Crippen LogP contribution < -0.4 is 10.2 Å². The third kappa shape index (κ3) is 3.83. The van der Waals surface area contributed by atoms with Crippen LogP contribution in [0.1, 0.15) is 17.4 Å². The molecule has 0 bridgehead atoms. The summed E-state index contributed by atoms with van der Waals surface area (Å²) in [7, 11) is 0. The van der Waals surface area contributed by atoms with E-state index in [-0.39, 0.29) is 29.8 Å². The van der Waals surface area contributed by atoms with Gasteiger partial charge in [-0.25, -0.2) is 0 Å². The number of benzene rings is 1. The Morgan fingerprint density at radius 2 is 2.17 bits per heavy atom. The maximum Gasteiger partial charge on any atom is 0.260 e. The van der Waals surface area contributed by atoms with Gasteiger partial charge in [0, 0.05) is 24.5 Å². The Balaban J connectivity index is 1.59. The van der Waals surface area contributed by atoms with Crippen LogP contribution in [0.25, 0.3) is 0 Å². The van der Waals surface area contributed by atoms with Gasteiger partial charge in [0.2, 0.25) is 5.43 Å². The number of carbonyl (C=O) groups is 1. The van der Waals surface area contributed by atoms with Crippen molar-refractivity contribution >= 4 is 5.91 Å². The van der Waals surface area contributed by atoms with E-state index in [1.54, 1.807) is 11.8 Å². The van der Waals surface area contributed by atoms with Crippen molar-refractivity contribution in [1.29, 1.82) is 0 Å². The predicted octanol–water partition coefficient (Wildman–Crippen LogP) is 1.66. The zero-order valence-corrected chi connectivity index (χ0v) is 13.5. The topological polar surface area (TPSA) is 71.6 Å². The van der Waals surface area contributed by atoms with Crippen molar-refractivity contribution in [1.82, 2.24) is 9.88 Å². The summed E-state index contributed by atoms with van der Waals surface area (Å²) in [6.07, 6.45) is 1.35. The Hall–Kier alpha value is -2.60. The van der Waals surface area contributed by atoms with Gasteiger partial charge in [0.1, 0.15) is 6.10 Å². The van der Waals surface area contributed by atoms with Crippen molar-refractivity contribution in [3.05, 3.63) is 64.1 Å². The lowest BCUT2D eigenvalue weighted by atomic mass is 10.1. The average molecular weight is 328 g/mol. The van der Waals surface area contributed by atoms with E-state index in [9.17, 15) is 9.59 Å². The highest BCUT2D eigenvalue weighted by atomic mass is 16.5. The molecular weight excluding hydrogens is 308 g/mol. The number of pyridine rings is 1. The molecule has 2 heterocycles. The minimum Gasteiger partial charge on any atom is -0.478 e. The fourth-order valence-corrected chi connectivity index (χ4v) is 2.65. The number of H-pyrrole nitrogens is 1. The van der Waals surface area contributed by atoms with Gasteiger partial charge in [0.15, 0.2) is 12.4 Å². The number of hydrogen-bond acceptors (Lipinski definition) is 4. The molecular formula is C18H20N2O4. The highest BCUT2D eigenvalue weighted by molar-refractivity contribution is 5.78. The molecule has 1 N–H and O–H groups in total. The van der Waals surface area contributed by atoms with Crippen molar-refractivity contribution in [3.8, 4) is 5.75 Å². The molecule has 1 saturated heterocycles. The highest BCUT2D eigenvalue weighted by Crippen LogP contribution is 2.21. The molecule has 0 spiro atoms. The zero-order valence-electron chi connectivity index (χ0n) is 13.5. The molecule has 3 rings (SSSR count). The lowest BCUT2D eigenvalue weighted by Crippen LogP contribution is -2.44. The van der Waals surface area contributed by atoms with Gasteiger partial charge >= 0.3 is 0 Å². The van der Waals surface area contributed by atoms with Crippen molar-refractivity contribution in [3.63, 3.8) is 0 Å². The van der Waals surface area contributed by atoms with E-state index in [0.29, 0.717) is 19.7 Å². The van der Waals surface area contributed by atoms with Gasteiger partial charge in [-0.2, -0.15) is 0 Å². The molecule has 0 unspecified atom stereocenters. The number of hydrogen-bond donors (Lipinski definition) is 1. The second-order valence-corrected chi connectivity index (χ2v) is 5.74. The second kappa shape index (κ2) is 7.31. The molecule has 1 atom stereocenters. The number of aryl methyl sites for hydroxylation is 1. The second-order valence-electron chi connectivity index (χ2n) is 5.74. The Morgan fingerprint density at radius 3 is 2.92 bits per heavy atom.